The van der Waals surface area contributed by atoms with Gasteiger partial charge in [0.25, 0.3) is 5.91 Å². The van der Waals surface area contributed by atoms with Gasteiger partial charge in [-0.15, -0.1) is 0 Å². The maximum atomic E-state index is 11.2. The SMILES string of the molecule is NC(=O)c1cccc2c(N)c(C(=O)O)cnc12. The third kappa shape index (κ3) is 1.65. The molecule has 86 valence electrons. The summed E-state index contributed by atoms with van der Waals surface area (Å²) in [5, 5.41) is 9.30. The molecule has 0 radical (unpaired) electrons. The van der Waals surface area contributed by atoms with Gasteiger partial charge in [0.15, 0.2) is 0 Å². The number of carboxylic acid groups (broad SMARTS) is 1. The Morgan fingerprint density at radius 1 is 1.24 bits per heavy atom. The number of nitrogens with two attached hydrogens (primary N) is 2. The molecule has 0 atom stereocenters. The van der Waals surface area contributed by atoms with Gasteiger partial charge in [-0.05, 0) is 6.07 Å². The fourth-order valence-electron chi connectivity index (χ4n) is 1.61. The fraction of sp³-hybridized carbons (Fsp3) is 0. The second-order valence-electron chi connectivity index (χ2n) is 3.46. The number of rotatable bonds is 2. The molecule has 1 aromatic heterocycles. The Hall–Kier alpha value is -2.63. The molecule has 2 aromatic rings. The Kier molecular flexibility index (Phi) is 2.40. The van der Waals surface area contributed by atoms with Crippen molar-refractivity contribution in [3.8, 4) is 0 Å². The molecule has 1 aromatic carbocycles. The minimum absolute atomic E-state index is 0.0746. The van der Waals surface area contributed by atoms with Crippen molar-refractivity contribution < 1.29 is 14.7 Å². The first kappa shape index (κ1) is 10.9. The lowest BCUT2D eigenvalue weighted by atomic mass is 10.1. The average Bonchev–Trinajstić information content (AvgIpc) is 2.28. The zero-order valence-electron chi connectivity index (χ0n) is 8.68. The highest BCUT2D eigenvalue weighted by molar-refractivity contribution is 6.10. The maximum absolute atomic E-state index is 11.2. The first-order chi connectivity index (χ1) is 8.02. The molecule has 17 heavy (non-hydrogen) atoms. The molecule has 5 N–H and O–H groups in total. The normalized spacial score (nSPS) is 10.4. The molecule has 0 spiro atoms. The van der Waals surface area contributed by atoms with Crippen molar-refractivity contribution in [2.75, 3.05) is 5.73 Å². The number of primary amides is 1. The molecule has 0 aliphatic heterocycles. The number of pyridine rings is 1. The van der Waals surface area contributed by atoms with Crippen LogP contribution in [0.5, 0.6) is 0 Å². The minimum Gasteiger partial charge on any atom is -0.478 e. The van der Waals surface area contributed by atoms with Crippen LogP contribution in [0, 0.1) is 0 Å². The van der Waals surface area contributed by atoms with Gasteiger partial charge < -0.3 is 16.6 Å². The largest absolute Gasteiger partial charge is 0.478 e. The molecule has 0 unspecified atom stereocenters. The Morgan fingerprint density at radius 2 is 1.94 bits per heavy atom. The van der Waals surface area contributed by atoms with Crippen LogP contribution in [0.1, 0.15) is 20.7 Å². The maximum Gasteiger partial charge on any atom is 0.339 e. The molecule has 1 amide bonds. The first-order valence-electron chi connectivity index (χ1n) is 4.72. The van der Waals surface area contributed by atoms with Crippen LogP contribution in [0.3, 0.4) is 0 Å². The lowest BCUT2D eigenvalue weighted by Crippen LogP contribution is -2.13. The van der Waals surface area contributed by atoms with Gasteiger partial charge in [0.05, 0.1) is 16.8 Å². The van der Waals surface area contributed by atoms with E-state index in [1.54, 1.807) is 12.1 Å². The Morgan fingerprint density at radius 3 is 2.53 bits per heavy atom. The van der Waals surface area contributed by atoms with Crippen molar-refractivity contribution in [3.05, 3.63) is 35.5 Å². The Labute approximate surface area is 95.9 Å². The highest BCUT2D eigenvalue weighted by atomic mass is 16.4. The third-order valence-corrected chi connectivity index (χ3v) is 2.43. The molecule has 0 saturated heterocycles. The fourth-order valence-corrected chi connectivity index (χ4v) is 1.61. The highest BCUT2D eigenvalue weighted by Crippen LogP contribution is 2.25. The molecule has 1 heterocycles. The van der Waals surface area contributed by atoms with Gasteiger partial charge in [-0.3, -0.25) is 9.78 Å². The summed E-state index contributed by atoms with van der Waals surface area (Å²) in [4.78, 5) is 26.0. The second-order valence-corrected chi connectivity index (χ2v) is 3.46. The smallest absolute Gasteiger partial charge is 0.339 e. The lowest BCUT2D eigenvalue weighted by Gasteiger charge is -2.07. The van der Waals surface area contributed by atoms with Gasteiger partial charge >= 0.3 is 5.97 Å². The summed E-state index contributed by atoms with van der Waals surface area (Å²) in [6.45, 7) is 0. The Bertz CT molecular complexity index is 637. The summed E-state index contributed by atoms with van der Waals surface area (Å²) in [6, 6.07) is 4.68. The monoisotopic (exact) mass is 231 g/mol. The molecule has 0 aliphatic carbocycles. The number of hydrogen-bond acceptors (Lipinski definition) is 4. The van der Waals surface area contributed by atoms with E-state index in [4.69, 9.17) is 16.6 Å². The number of carboxylic acids is 1. The number of nitrogen functional groups attached to an aromatic ring is 1. The van der Waals surface area contributed by atoms with E-state index in [9.17, 15) is 9.59 Å². The van der Waals surface area contributed by atoms with Crippen LogP contribution >= 0.6 is 0 Å². The predicted octanol–water partition coefficient (Wildman–Crippen LogP) is 0.614. The summed E-state index contributed by atoms with van der Waals surface area (Å²) >= 11 is 0. The summed E-state index contributed by atoms with van der Waals surface area (Å²) < 4.78 is 0. The number of aromatic carboxylic acids is 1. The third-order valence-electron chi connectivity index (χ3n) is 2.43. The summed E-state index contributed by atoms with van der Waals surface area (Å²) in [5.74, 6) is -1.80. The van der Waals surface area contributed by atoms with Crippen molar-refractivity contribution in [1.29, 1.82) is 0 Å². The molecule has 6 heteroatoms. The standard InChI is InChI=1S/C11H9N3O3/c12-8-5-2-1-3-6(10(13)15)9(5)14-4-7(8)11(16)17/h1-4H,(H2,12,14)(H2,13,15)(H,16,17). The highest BCUT2D eigenvalue weighted by Gasteiger charge is 2.15. The molecule has 0 bridgehead atoms. The van der Waals surface area contributed by atoms with Crippen LogP contribution in [0.2, 0.25) is 0 Å². The average molecular weight is 231 g/mol. The van der Waals surface area contributed by atoms with Gasteiger partial charge in [-0.25, -0.2) is 4.79 Å². The van der Waals surface area contributed by atoms with E-state index in [1.165, 1.54) is 6.07 Å². The number of hydrogen-bond donors (Lipinski definition) is 3. The van der Waals surface area contributed by atoms with Gasteiger partial charge in [0.1, 0.15) is 5.56 Å². The van der Waals surface area contributed by atoms with Gasteiger partial charge in [-0.1, -0.05) is 12.1 Å². The van der Waals surface area contributed by atoms with E-state index >= 15 is 0 Å². The quantitative estimate of drug-likeness (QED) is 0.699. The Balaban J connectivity index is 2.85. The lowest BCUT2D eigenvalue weighted by molar-refractivity contribution is 0.0697. The molecule has 2 rings (SSSR count). The van der Waals surface area contributed by atoms with Crippen LogP contribution in [-0.4, -0.2) is 22.0 Å². The number of carbonyl (C=O) groups is 2. The molecule has 0 fully saturated rings. The van der Waals surface area contributed by atoms with E-state index in [1.807, 2.05) is 0 Å². The zero-order valence-corrected chi connectivity index (χ0v) is 8.68. The number of aromatic nitrogens is 1. The van der Waals surface area contributed by atoms with Gasteiger partial charge in [0.2, 0.25) is 0 Å². The van der Waals surface area contributed by atoms with E-state index in [0.29, 0.717) is 10.9 Å². The number of carbonyl (C=O) groups excluding carboxylic acids is 1. The summed E-state index contributed by atoms with van der Waals surface area (Å²) in [7, 11) is 0. The predicted molar refractivity (Wildman–Crippen MR) is 61.6 cm³/mol. The van der Waals surface area contributed by atoms with E-state index in [-0.39, 0.29) is 16.8 Å². The first-order valence-corrected chi connectivity index (χ1v) is 4.72. The topological polar surface area (TPSA) is 119 Å². The molecule has 6 nitrogen and oxygen atoms in total. The van der Waals surface area contributed by atoms with Crippen LogP contribution in [0.15, 0.2) is 24.4 Å². The van der Waals surface area contributed by atoms with Crippen molar-refractivity contribution in [2.24, 2.45) is 5.73 Å². The van der Waals surface area contributed by atoms with Crippen molar-refractivity contribution in [1.82, 2.24) is 4.98 Å². The van der Waals surface area contributed by atoms with E-state index < -0.39 is 11.9 Å². The number of anilines is 1. The van der Waals surface area contributed by atoms with Crippen molar-refractivity contribution >= 4 is 28.5 Å². The molecule has 0 saturated carbocycles. The van der Waals surface area contributed by atoms with Crippen LogP contribution in [0.25, 0.3) is 10.9 Å². The van der Waals surface area contributed by atoms with Crippen molar-refractivity contribution in [3.63, 3.8) is 0 Å². The van der Waals surface area contributed by atoms with Crippen LogP contribution in [-0.2, 0) is 0 Å². The van der Waals surface area contributed by atoms with Gasteiger partial charge in [-0.2, -0.15) is 0 Å². The number of nitrogens with zero attached hydrogens (tertiary/aromatic N) is 1. The van der Waals surface area contributed by atoms with Crippen molar-refractivity contribution in [2.45, 2.75) is 0 Å². The summed E-state index contributed by atoms with van der Waals surface area (Å²) in [5.41, 5.74) is 11.4. The number of benzene rings is 1. The molecule has 0 aliphatic rings. The molecular formula is C11H9N3O3. The van der Waals surface area contributed by atoms with Crippen LogP contribution < -0.4 is 11.5 Å². The number of amides is 1. The minimum atomic E-state index is -1.17. The number of para-hydroxylation sites is 1. The van der Waals surface area contributed by atoms with E-state index in [0.717, 1.165) is 6.20 Å². The van der Waals surface area contributed by atoms with Crippen LogP contribution in [0.4, 0.5) is 5.69 Å². The second kappa shape index (κ2) is 3.75. The number of fused-ring (bicyclic) bond motifs is 1. The van der Waals surface area contributed by atoms with Gasteiger partial charge in [0, 0.05) is 11.6 Å². The molecular weight excluding hydrogens is 222 g/mol. The summed E-state index contributed by atoms with van der Waals surface area (Å²) in [6.07, 6.45) is 1.12. The van der Waals surface area contributed by atoms with E-state index in [2.05, 4.69) is 4.98 Å². The zero-order chi connectivity index (χ0) is 12.6.